The molecule has 0 fully saturated rings. The quantitative estimate of drug-likeness (QED) is 0.484. The molecule has 0 heterocycles. The molecule has 0 aromatic heterocycles. The number of rotatable bonds is 11. The zero-order valence-electron chi connectivity index (χ0n) is 18.7. The summed E-state index contributed by atoms with van der Waals surface area (Å²) in [6, 6.07) is 6.82. The van der Waals surface area contributed by atoms with Crippen LogP contribution in [0.2, 0.25) is 5.02 Å². The Kier molecular flexibility index (Phi) is 8.91. The number of amides is 2. The summed E-state index contributed by atoms with van der Waals surface area (Å²) in [5, 5.41) is 2.76. The van der Waals surface area contributed by atoms with Crippen LogP contribution in [0.5, 0.6) is 17.2 Å². The zero-order chi connectivity index (χ0) is 24.8. The number of nitrogens with two attached hydrogens (primary N) is 1. The molecular formula is C21H26ClN3O7S. The third-order valence-corrected chi connectivity index (χ3v) is 6.99. The van der Waals surface area contributed by atoms with Gasteiger partial charge in [0.25, 0.3) is 11.8 Å². The molecule has 0 radical (unpaired) electrons. The van der Waals surface area contributed by atoms with E-state index in [2.05, 4.69) is 5.32 Å². The fourth-order valence-corrected chi connectivity index (χ4v) is 4.61. The predicted octanol–water partition coefficient (Wildman–Crippen LogP) is 2.50. The normalized spacial score (nSPS) is 11.2. The van der Waals surface area contributed by atoms with Gasteiger partial charge in [0, 0.05) is 18.7 Å². The lowest BCUT2D eigenvalue weighted by atomic mass is 10.1. The van der Waals surface area contributed by atoms with E-state index < -0.39 is 28.4 Å². The molecule has 0 saturated heterocycles. The van der Waals surface area contributed by atoms with Crippen molar-refractivity contribution in [1.29, 1.82) is 0 Å². The van der Waals surface area contributed by atoms with Crippen molar-refractivity contribution in [3.63, 3.8) is 0 Å². The minimum absolute atomic E-state index is 0.00346. The number of nitrogens with one attached hydrogen (secondary N) is 1. The number of carbonyl (C=O) groups excluding carboxylic acids is 2. The molecule has 0 atom stereocenters. The van der Waals surface area contributed by atoms with Gasteiger partial charge >= 0.3 is 0 Å². The third kappa shape index (κ3) is 6.06. The molecule has 12 heteroatoms. The highest BCUT2D eigenvalue weighted by atomic mass is 35.5. The summed E-state index contributed by atoms with van der Waals surface area (Å²) in [6.45, 7) is 3.65. The average molecular weight is 500 g/mol. The number of ether oxygens (including phenoxy) is 3. The van der Waals surface area contributed by atoms with Gasteiger partial charge in [-0.15, -0.1) is 0 Å². The Hall–Kier alpha value is -3.02. The van der Waals surface area contributed by atoms with Crippen molar-refractivity contribution in [3.05, 3.63) is 40.9 Å². The van der Waals surface area contributed by atoms with E-state index in [1.807, 2.05) is 0 Å². The van der Waals surface area contributed by atoms with Crippen LogP contribution < -0.4 is 25.3 Å². The maximum Gasteiger partial charge on any atom is 0.255 e. The molecule has 2 aromatic carbocycles. The van der Waals surface area contributed by atoms with Gasteiger partial charge in [0.15, 0.2) is 18.1 Å². The van der Waals surface area contributed by atoms with Crippen molar-refractivity contribution in [3.8, 4) is 17.2 Å². The van der Waals surface area contributed by atoms with Crippen LogP contribution in [-0.2, 0) is 14.8 Å². The largest absolute Gasteiger partial charge is 0.493 e. The van der Waals surface area contributed by atoms with Crippen LogP contribution in [0.3, 0.4) is 0 Å². The minimum atomic E-state index is -3.75. The molecule has 33 heavy (non-hydrogen) atoms. The van der Waals surface area contributed by atoms with Crippen LogP contribution in [-0.4, -0.2) is 58.5 Å². The summed E-state index contributed by atoms with van der Waals surface area (Å²) in [5.74, 6) is -0.947. The highest BCUT2D eigenvalue weighted by molar-refractivity contribution is 7.89. The number of anilines is 1. The maximum absolute atomic E-state index is 12.9. The van der Waals surface area contributed by atoms with Crippen LogP contribution in [0.1, 0.15) is 24.2 Å². The number of nitrogens with zero attached hydrogens (tertiary/aromatic N) is 1. The third-order valence-electron chi connectivity index (χ3n) is 4.61. The van der Waals surface area contributed by atoms with E-state index in [4.69, 9.17) is 31.5 Å². The SMILES string of the molecule is CCN(CC)S(=O)(=O)c1ccc(Cl)c(NC(=O)c2cc(OC)c(OCC(N)=O)c(OC)c2)c1. The summed E-state index contributed by atoms with van der Waals surface area (Å²) in [6.07, 6.45) is 0. The first-order valence-corrected chi connectivity index (χ1v) is 11.7. The summed E-state index contributed by atoms with van der Waals surface area (Å²) in [5.41, 5.74) is 5.34. The molecule has 0 spiro atoms. The summed E-state index contributed by atoms with van der Waals surface area (Å²) in [4.78, 5) is 24.0. The van der Waals surface area contributed by atoms with Gasteiger partial charge in [0.1, 0.15) is 0 Å². The Labute approximate surface area is 197 Å². The Bertz CT molecular complexity index is 1110. The molecule has 0 aliphatic rings. The lowest BCUT2D eigenvalue weighted by Gasteiger charge is -2.19. The summed E-state index contributed by atoms with van der Waals surface area (Å²) in [7, 11) is -1.05. The van der Waals surface area contributed by atoms with Crippen LogP contribution in [0.15, 0.2) is 35.2 Å². The van der Waals surface area contributed by atoms with Crippen LogP contribution in [0.4, 0.5) is 5.69 Å². The number of benzene rings is 2. The Morgan fingerprint density at radius 1 is 1.06 bits per heavy atom. The summed E-state index contributed by atoms with van der Waals surface area (Å²) >= 11 is 6.20. The van der Waals surface area contributed by atoms with Gasteiger partial charge in [0.05, 0.1) is 29.8 Å². The van der Waals surface area contributed by atoms with E-state index in [9.17, 15) is 18.0 Å². The van der Waals surface area contributed by atoms with Gasteiger partial charge < -0.3 is 25.3 Å². The number of hydrogen-bond donors (Lipinski definition) is 2. The second-order valence-electron chi connectivity index (χ2n) is 6.65. The topological polar surface area (TPSA) is 137 Å². The van der Waals surface area contributed by atoms with E-state index in [-0.39, 0.29) is 38.4 Å². The number of sulfonamides is 1. The smallest absolute Gasteiger partial charge is 0.255 e. The van der Waals surface area contributed by atoms with Crippen LogP contribution in [0, 0.1) is 0 Å². The number of primary amides is 1. The van der Waals surface area contributed by atoms with Crippen molar-refractivity contribution in [1.82, 2.24) is 4.31 Å². The lowest BCUT2D eigenvalue weighted by Crippen LogP contribution is -2.30. The fraction of sp³-hybridized carbons (Fsp3) is 0.333. The Morgan fingerprint density at radius 2 is 1.64 bits per heavy atom. The number of methoxy groups -OCH3 is 2. The van der Waals surface area contributed by atoms with Gasteiger partial charge in [-0.05, 0) is 30.3 Å². The molecule has 0 aliphatic heterocycles. The maximum atomic E-state index is 12.9. The van der Waals surface area contributed by atoms with Crippen LogP contribution >= 0.6 is 11.6 Å². The van der Waals surface area contributed by atoms with E-state index in [1.165, 1.54) is 48.9 Å². The fourth-order valence-electron chi connectivity index (χ4n) is 2.96. The summed E-state index contributed by atoms with van der Waals surface area (Å²) < 4.78 is 42.8. The molecule has 2 amide bonds. The molecule has 2 rings (SSSR count). The molecule has 10 nitrogen and oxygen atoms in total. The van der Waals surface area contributed by atoms with Crippen molar-refractivity contribution in [2.24, 2.45) is 5.73 Å². The highest BCUT2D eigenvalue weighted by Crippen LogP contribution is 2.39. The van der Waals surface area contributed by atoms with E-state index in [0.29, 0.717) is 13.1 Å². The van der Waals surface area contributed by atoms with Gasteiger partial charge in [0.2, 0.25) is 15.8 Å². The zero-order valence-corrected chi connectivity index (χ0v) is 20.2. The van der Waals surface area contributed by atoms with E-state index >= 15 is 0 Å². The van der Waals surface area contributed by atoms with Crippen LogP contribution in [0.25, 0.3) is 0 Å². The van der Waals surface area contributed by atoms with Gasteiger partial charge in [-0.3, -0.25) is 9.59 Å². The molecular weight excluding hydrogens is 474 g/mol. The first-order valence-electron chi connectivity index (χ1n) is 9.87. The van der Waals surface area contributed by atoms with Crippen molar-refractivity contribution in [2.75, 3.05) is 39.2 Å². The Morgan fingerprint density at radius 3 is 2.12 bits per heavy atom. The van der Waals surface area contributed by atoms with Crippen molar-refractivity contribution >= 4 is 39.1 Å². The minimum Gasteiger partial charge on any atom is -0.493 e. The predicted molar refractivity (Wildman–Crippen MR) is 124 cm³/mol. The van der Waals surface area contributed by atoms with Gasteiger partial charge in [-0.2, -0.15) is 4.31 Å². The molecule has 0 saturated carbocycles. The standard InChI is InChI=1S/C21H26ClN3O7S/c1-5-25(6-2)33(28,29)14-7-8-15(22)16(11-14)24-21(27)13-9-17(30-3)20(18(10-13)31-4)32-12-19(23)26/h7-11H,5-6,12H2,1-4H3,(H2,23,26)(H,24,27). The second-order valence-corrected chi connectivity index (χ2v) is 9.00. The Balaban J connectivity index is 2.41. The van der Waals surface area contributed by atoms with Crippen molar-refractivity contribution in [2.45, 2.75) is 18.7 Å². The number of hydrogen-bond acceptors (Lipinski definition) is 7. The highest BCUT2D eigenvalue weighted by Gasteiger charge is 2.24. The number of carbonyl (C=O) groups is 2. The van der Waals surface area contributed by atoms with Gasteiger partial charge in [-0.1, -0.05) is 25.4 Å². The lowest BCUT2D eigenvalue weighted by molar-refractivity contribution is -0.120. The van der Waals surface area contributed by atoms with Gasteiger partial charge in [-0.25, -0.2) is 8.42 Å². The molecule has 0 aliphatic carbocycles. The molecule has 2 aromatic rings. The molecule has 3 N–H and O–H groups in total. The monoisotopic (exact) mass is 499 g/mol. The van der Waals surface area contributed by atoms with E-state index in [1.54, 1.807) is 13.8 Å². The van der Waals surface area contributed by atoms with E-state index in [0.717, 1.165) is 0 Å². The molecule has 0 bridgehead atoms. The second kappa shape index (κ2) is 11.2. The first-order chi connectivity index (χ1) is 15.6. The average Bonchev–Trinajstić information content (AvgIpc) is 2.78. The molecule has 0 unspecified atom stereocenters. The number of halogens is 1. The first kappa shape index (κ1) is 26.2. The molecule has 180 valence electrons. The van der Waals surface area contributed by atoms with Crippen molar-refractivity contribution < 1.29 is 32.2 Å².